The Balaban J connectivity index is 1.31. The van der Waals surface area contributed by atoms with Crippen LogP contribution in [-0.4, -0.2) is 60.0 Å². The number of benzene rings is 2. The van der Waals surface area contributed by atoms with Crippen LogP contribution in [-0.2, 0) is 17.8 Å². The Morgan fingerprint density at radius 1 is 1.26 bits per heavy atom. The molecule has 1 saturated heterocycles. The number of aromatic nitrogens is 1. The maximum absolute atomic E-state index is 14.0. The number of hydrogen-bond donors (Lipinski definition) is 2. The third-order valence-electron chi connectivity index (χ3n) is 6.26. The van der Waals surface area contributed by atoms with Gasteiger partial charge >= 0.3 is 6.03 Å². The second-order valence-corrected chi connectivity index (χ2v) is 9.01. The predicted molar refractivity (Wildman–Crippen MR) is 130 cm³/mol. The van der Waals surface area contributed by atoms with Gasteiger partial charge in [-0.15, -0.1) is 0 Å². The number of nitrogens with one attached hydrogen (secondary N) is 2. The number of methoxy groups -OCH3 is 1. The summed E-state index contributed by atoms with van der Waals surface area (Å²) in [6.07, 6.45) is 1.72. The summed E-state index contributed by atoms with van der Waals surface area (Å²) in [4.78, 5) is 32.3. The zero-order chi connectivity index (χ0) is 24.2. The number of H-pyrrole nitrogens is 1. The average Bonchev–Trinajstić information content (AvgIpc) is 3.24. The quantitative estimate of drug-likeness (QED) is 0.544. The van der Waals surface area contributed by atoms with Crippen molar-refractivity contribution in [3.05, 3.63) is 64.6 Å². The van der Waals surface area contributed by atoms with E-state index in [0.717, 1.165) is 29.4 Å². The van der Waals surface area contributed by atoms with Gasteiger partial charge in [-0.1, -0.05) is 17.7 Å². The molecule has 2 heterocycles. The molecule has 1 atom stereocenters. The molecule has 1 aromatic heterocycles. The van der Waals surface area contributed by atoms with Crippen molar-refractivity contribution in [1.29, 1.82) is 0 Å². The van der Waals surface area contributed by atoms with Crippen LogP contribution >= 0.6 is 11.6 Å². The predicted octanol–water partition coefficient (Wildman–Crippen LogP) is 4.34. The number of likely N-dealkylation sites (N-methyl/N-ethyl adjacent to an activating group) is 1. The van der Waals surface area contributed by atoms with Gasteiger partial charge < -0.3 is 24.8 Å². The molecule has 0 radical (unpaired) electrons. The molecular formula is C25H28ClFN4O3. The molecule has 4 rings (SSSR count). The van der Waals surface area contributed by atoms with Crippen LogP contribution in [0.2, 0.25) is 5.02 Å². The van der Waals surface area contributed by atoms with Gasteiger partial charge in [-0.05, 0) is 54.8 Å². The fourth-order valence-corrected chi connectivity index (χ4v) is 4.50. The maximum Gasteiger partial charge on any atom is 0.317 e. The summed E-state index contributed by atoms with van der Waals surface area (Å²) in [5, 5.41) is 4.59. The van der Waals surface area contributed by atoms with Gasteiger partial charge in [0.25, 0.3) is 0 Å². The van der Waals surface area contributed by atoms with Crippen LogP contribution in [0.5, 0.6) is 5.75 Å². The minimum Gasteiger partial charge on any atom is -0.494 e. The minimum atomic E-state index is -0.487. The Kier molecular flexibility index (Phi) is 7.26. The van der Waals surface area contributed by atoms with Crippen LogP contribution < -0.4 is 10.1 Å². The number of amides is 3. The molecule has 1 fully saturated rings. The lowest BCUT2D eigenvalue weighted by Gasteiger charge is -2.37. The molecule has 0 saturated carbocycles. The van der Waals surface area contributed by atoms with E-state index in [2.05, 4.69) is 10.3 Å². The molecule has 0 spiro atoms. The highest BCUT2D eigenvalue weighted by Crippen LogP contribution is 2.21. The van der Waals surface area contributed by atoms with Crippen molar-refractivity contribution < 1.29 is 18.7 Å². The monoisotopic (exact) mass is 486 g/mol. The highest BCUT2D eigenvalue weighted by molar-refractivity contribution is 6.31. The number of nitrogens with zero attached hydrogens (tertiary/aromatic N) is 2. The molecule has 180 valence electrons. The van der Waals surface area contributed by atoms with E-state index in [9.17, 15) is 14.0 Å². The van der Waals surface area contributed by atoms with Crippen LogP contribution in [0.25, 0.3) is 10.9 Å². The average molecular weight is 487 g/mol. The Labute approximate surface area is 202 Å². The molecule has 2 N–H and O–H groups in total. The fraction of sp³-hybridized carbons (Fsp3) is 0.360. The number of urea groups is 1. The van der Waals surface area contributed by atoms with E-state index < -0.39 is 5.82 Å². The zero-order valence-electron chi connectivity index (χ0n) is 19.2. The number of fused-ring (bicyclic) bond motifs is 1. The molecule has 0 bridgehead atoms. The maximum atomic E-state index is 14.0. The van der Waals surface area contributed by atoms with E-state index in [1.807, 2.05) is 24.3 Å². The largest absolute Gasteiger partial charge is 0.494 e. The van der Waals surface area contributed by atoms with E-state index in [1.165, 1.54) is 19.2 Å². The summed E-state index contributed by atoms with van der Waals surface area (Å²) in [6.45, 7) is 1.43. The number of piperidine rings is 1. The van der Waals surface area contributed by atoms with Gasteiger partial charge in [0.1, 0.15) is 0 Å². The molecule has 1 unspecified atom stereocenters. The molecule has 34 heavy (non-hydrogen) atoms. The second kappa shape index (κ2) is 10.3. The van der Waals surface area contributed by atoms with Crippen LogP contribution in [0, 0.1) is 5.82 Å². The number of carbonyl (C=O) groups excluding carboxylic acids is 2. The fourth-order valence-electron chi connectivity index (χ4n) is 4.32. The second-order valence-electron chi connectivity index (χ2n) is 8.58. The Morgan fingerprint density at radius 2 is 2.09 bits per heavy atom. The van der Waals surface area contributed by atoms with Crippen LogP contribution in [0.15, 0.2) is 42.5 Å². The minimum absolute atomic E-state index is 0.0835. The van der Waals surface area contributed by atoms with Crippen molar-refractivity contribution >= 4 is 34.4 Å². The Hall–Kier alpha value is -3.26. The summed E-state index contributed by atoms with van der Waals surface area (Å²) in [7, 11) is 3.15. The van der Waals surface area contributed by atoms with Crippen molar-refractivity contribution in [2.75, 3.05) is 27.2 Å². The highest BCUT2D eigenvalue weighted by atomic mass is 35.5. The van der Waals surface area contributed by atoms with Crippen molar-refractivity contribution in [3.8, 4) is 5.75 Å². The van der Waals surface area contributed by atoms with E-state index in [0.29, 0.717) is 30.2 Å². The number of carbonyl (C=O) groups is 2. The van der Waals surface area contributed by atoms with E-state index in [1.54, 1.807) is 22.9 Å². The van der Waals surface area contributed by atoms with E-state index >= 15 is 0 Å². The van der Waals surface area contributed by atoms with Crippen molar-refractivity contribution in [3.63, 3.8) is 0 Å². The first-order chi connectivity index (χ1) is 16.3. The molecule has 2 aromatic carbocycles. The summed E-state index contributed by atoms with van der Waals surface area (Å²) in [5.41, 5.74) is 2.43. The van der Waals surface area contributed by atoms with Gasteiger partial charge in [-0.3, -0.25) is 4.79 Å². The number of halogens is 2. The van der Waals surface area contributed by atoms with E-state index in [4.69, 9.17) is 16.3 Å². The first-order valence-corrected chi connectivity index (χ1v) is 11.6. The van der Waals surface area contributed by atoms with Gasteiger partial charge in [-0.2, -0.15) is 0 Å². The molecule has 0 aliphatic carbocycles. The van der Waals surface area contributed by atoms with Crippen LogP contribution in [0.1, 0.15) is 24.1 Å². The topological polar surface area (TPSA) is 77.7 Å². The third kappa shape index (κ3) is 5.44. The van der Waals surface area contributed by atoms with Crippen molar-refractivity contribution in [2.24, 2.45) is 0 Å². The van der Waals surface area contributed by atoms with Gasteiger partial charge in [0.2, 0.25) is 5.91 Å². The molecule has 3 amide bonds. The third-order valence-corrected chi connectivity index (χ3v) is 6.49. The number of hydrogen-bond acceptors (Lipinski definition) is 3. The molecule has 9 heteroatoms. The first kappa shape index (κ1) is 23.9. The molecular weight excluding hydrogens is 459 g/mol. The van der Waals surface area contributed by atoms with Gasteiger partial charge in [-0.25, -0.2) is 9.18 Å². The lowest BCUT2D eigenvalue weighted by molar-refractivity contribution is -0.132. The van der Waals surface area contributed by atoms with E-state index in [-0.39, 0.29) is 30.2 Å². The smallest absolute Gasteiger partial charge is 0.317 e. The lowest BCUT2D eigenvalue weighted by Crippen LogP contribution is -2.52. The van der Waals surface area contributed by atoms with Gasteiger partial charge in [0.05, 0.1) is 26.1 Å². The SMILES string of the molecule is COc1ccc(CC(=O)N2CCCC(N(C)C(=O)NCc3cc4cc(Cl)ccc4[nH]3)C2)cc1F. The normalized spacial score (nSPS) is 15.9. The lowest BCUT2D eigenvalue weighted by atomic mass is 10.0. The van der Waals surface area contributed by atoms with Crippen molar-refractivity contribution in [2.45, 2.75) is 31.8 Å². The summed E-state index contributed by atoms with van der Waals surface area (Å²) < 4.78 is 18.9. The van der Waals surface area contributed by atoms with Crippen LogP contribution in [0.3, 0.4) is 0 Å². The molecule has 1 aliphatic rings. The number of aromatic amines is 1. The number of likely N-dealkylation sites (tertiary alicyclic amines) is 1. The zero-order valence-corrected chi connectivity index (χ0v) is 20.0. The summed E-state index contributed by atoms with van der Waals surface area (Å²) in [5.74, 6) is -0.420. The number of rotatable bonds is 6. The Bertz CT molecular complexity index is 1200. The number of ether oxygens (including phenoxy) is 1. The van der Waals surface area contributed by atoms with Crippen molar-refractivity contribution in [1.82, 2.24) is 20.1 Å². The van der Waals surface area contributed by atoms with Crippen LogP contribution in [0.4, 0.5) is 9.18 Å². The molecule has 1 aliphatic heterocycles. The molecule has 7 nitrogen and oxygen atoms in total. The first-order valence-electron chi connectivity index (χ1n) is 11.2. The highest BCUT2D eigenvalue weighted by Gasteiger charge is 2.28. The summed E-state index contributed by atoms with van der Waals surface area (Å²) in [6, 6.07) is 11.8. The van der Waals surface area contributed by atoms with Gasteiger partial charge in [0, 0.05) is 41.8 Å². The molecule has 3 aromatic rings. The standard InChI is InChI=1S/C25H28ClFN4O3/c1-30(25(33)28-14-19-13-17-12-18(26)6-7-22(17)29-19)20-4-3-9-31(15-20)24(32)11-16-5-8-23(34-2)21(27)10-16/h5-8,10,12-13,20,29H,3-4,9,11,14-15H2,1-2H3,(H,28,33). The van der Waals surface area contributed by atoms with Gasteiger partial charge in [0.15, 0.2) is 11.6 Å². The summed E-state index contributed by atoms with van der Waals surface area (Å²) >= 11 is 6.04. The Morgan fingerprint density at radius 3 is 2.85 bits per heavy atom.